The molecule has 0 aromatic heterocycles. The van der Waals surface area contributed by atoms with Crippen molar-refractivity contribution in [1.29, 1.82) is 0 Å². The lowest BCUT2D eigenvalue weighted by Crippen LogP contribution is -2.43. The van der Waals surface area contributed by atoms with Crippen molar-refractivity contribution < 1.29 is 4.79 Å². The van der Waals surface area contributed by atoms with Gasteiger partial charge in [-0.25, -0.2) is 0 Å². The molecule has 3 rings (SSSR count). The van der Waals surface area contributed by atoms with Crippen LogP contribution in [0.3, 0.4) is 0 Å². The van der Waals surface area contributed by atoms with Gasteiger partial charge in [-0.3, -0.25) is 4.79 Å². The number of carbonyl (C=O) groups is 1. The summed E-state index contributed by atoms with van der Waals surface area (Å²) in [7, 11) is 0. The van der Waals surface area contributed by atoms with Crippen LogP contribution in [0.15, 0.2) is 24.3 Å². The van der Waals surface area contributed by atoms with Gasteiger partial charge in [0.2, 0.25) is 5.91 Å². The van der Waals surface area contributed by atoms with Gasteiger partial charge in [0.25, 0.3) is 0 Å². The molecule has 3 nitrogen and oxygen atoms in total. The molecule has 0 bridgehead atoms. The maximum absolute atomic E-state index is 12.8. The zero-order valence-electron chi connectivity index (χ0n) is 12.9. The summed E-state index contributed by atoms with van der Waals surface area (Å²) in [6, 6.07) is 8.34. The average Bonchev–Trinajstić information content (AvgIpc) is 3.11. The largest absolute Gasteiger partial charge is 0.338 e. The van der Waals surface area contributed by atoms with Crippen molar-refractivity contribution in [1.82, 2.24) is 10.2 Å². The van der Waals surface area contributed by atoms with Gasteiger partial charge in [-0.05, 0) is 49.4 Å². The van der Waals surface area contributed by atoms with E-state index in [1.54, 1.807) is 0 Å². The van der Waals surface area contributed by atoms with Crippen molar-refractivity contribution in [2.45, 2.75) is 38.1 Å². The van der Waals surface area contributed by atoms with E-state index in [1.807, 2.05) is 18.2 Å². The van der Waals surface area contributed by atoms with Crippen molar-refractivity contribution >= 4 is 29.9 Å². The number of halogens is 2. The highest BCUT2D eigenvalue weighted by Gasteiger charge is 2.46. The fraction of sp³-hybridized carbons (Fsp3) is 0.588. The van der Waals surface area contributed by atoms with E-state index in [2.05, 4.69) is 23.2 Å². The zero-order valence-corrected chi connectivity index (χ0v) is 14.5. The van der Waals surface area contributed by atoms with Crippen LogP contribution in [0.5, 0.6) is 0 Å². The normalized spacial score (nSPS) is 26.4. The molecule has 1 aliphatic heterocycles. The van der Waals surface area contributed by atoms with E-state index in [1.165, 1.54) is 5.56 Å². The highest BCUT2D eigenvalue weighted by molar-refractivity contribution is 6.30. The first-order valence-corrected chi connectivity index (χ1v) is 8.35. The highest BCUT2D eigenvalue weighted by atomic mass is 35.5. The van der Waals surface area contributed by atoms with Crippen molar-refractivity contribution in [2.24, 2.45) is 5.92 Å². The molecule has 1 saturated heterocycles. The second kappa shape index (κ2) is 7.67. The summed E-state index contributed by atoms with van der Waals surface area (Å²) in [5.41, 5.74) is 1.21. The predicted octanol–water partition coefficient (Wildman–Crippen LogP) is 3.47. The quantitative estimate of drug-likeness (QED) is 0.888. The Bertz CT molecular complexity index is 517. The molecule has 3 unspecified atom stereocenters. The second-order valence-electron chi connectivity index (χ2n) is 6.18. The van der Waals surface area contributed by atoms with E-state index in [-0.39, 0.29) is 18.3 Å². The van der Waals surface area contributed by atoms with Gasteiger partial charge in [0, 0.05) is 30.1 Å². The lowest BCUT2D eigenvalue weighted by atomic mass is 10.1. The molecule has 2 fully saturated rings. The van der Waals surface area contributed by atoms with Crippen molar-refractivity contribution in [3.63, 3.8) is 0 Å². The van der Waals surface area contributed by atoms with Crippen LogP contribution in [-0.2, 0) is 4.79 Å². The van der Waals surface area contributed by atoms with Crippen molar-refractivity contribution in [2.75, 3.05) is 19.6 Å². The molecule has 1 aliphatic carbocycles. The van der Waals surface area contributed by atoms with Crippen molar-refractivity contribution in [3.8, 4) is 0 Å². The Hall–Kier alpha value is -0.770. The molecule has 0 spiro atoms. The summed E-state index contributed by atoms with van der Waals surface area (Å²) < 4.78 is 0. The molecule has 3 atom stereocenters. The Morgan fingerprint density at radius 2 is 2.27 bits per heavy atom. The predicted molar refractivity (Wildman–Crippen MR) is 92.8 cm³/mol. The molecule has 22 heavy (non-hydrogen) atoms. The number of benzene rings is 1. The molecule has 1 N–H and O–H groups in total. The van der Waals surface area contributed by atoms with Gasteiger partial charge in [0.1, 0.15) is 0 Å². The third-order valence-electron chi connectivity index (χ3n) is 4.61. The fourth-order valence-electron chi connectivity index (χ4n) is 3.41. The van der Waals surface area contributed by atoms with Crippen LogP contribution in [0.25, 0.3) is 0 Å². The number of hydrogen-bond donors (Lipinski definition) is 1. The van der Waals surface area contributed by atoms with E-state index in [0.29, 0.717) is 17.9 Å². The van der Waals surface area contributed by atoms with Gasteiger partial charge in [0.15, 0.2) is 0 Å². The minimum absolute atomic E-state index is 0. The molecule has 1 aromatic rings. The molecular weight excluding hydrogens is 319 g/mol. The smallest absolute Gasteiger partial charge is 0.226 e. The number of carbonyl (C=O) groups excluding carboxylic acids is 1. The first kappa shape index (κ1) is 17.6. The Kier molecular flexibility index (Phi) is 6.13. The van der Waals surface area contributed by atoms with Crippen LogP contribution in [0, 0.1) is 5.92 Å². The summed E-state index contributed by atoms with van der Waals surface area (Å²) in [6.45, 7) is 4.99. The van der Waals surface area contributed by atoms with E-state index in [4.69, 9.17) is 11.6 Å². The number of nitrogens with zero attached hydrogens (tertiary/aromatic N) is 1. The highest BCUT2D eigenvalue weighted by Crippen LogP contribution is 2.49. The van der Waals surface area contributed by atoms with Crippen LogP contribution >= 0.6 is 24.0 Å². The van der Waals surface area contributed by atoms with Crippen LogP contribution in [0.1, 0.15) is 37.7 Å². The second-order valence-corrected chi connectivity index (χ2v) is 6.62. The van der Waals surface area contributed by atoms with Crippen LogP contribution in [0.2, 0.25) is 5.02 Å². The molecule has 2 aliphatic rings. The van der Waals surface area contributed by atoms with Crippen molar-refractivity contribution in [3.05, 3.63) is 34.9 Å². The number of nitrogens with one attached hydrogen (secondary N) is 1. The van der Waals surface area contributed by atoms with E-state index in [0.717, 1.165) is 43.9 Å². The standard InChI is InChI=1S/C17H23ClN2O.ClH/c1-2-8-20(14-6-7-19-11-14)17(21)16-10-15(16)12-4-3-5-13(18)9-12;/h3-5,9,14-16,19H,2,6-8,10-11H2,1H3;1H. The van der Waals surface area contributed by atoms with E-state index >= 15 is 0 Å². The summed E-state index contributed by atoms with van der Waals surface area (Å²) in [4.78, 5) is 14.9. The Labute approximate surface area is 143 Å². The maximum atomic E-state index is 12.8. The van der Waals surface area contributed by atoms with Crippen LogP contribution < -0.4 is 5.32 Å². The molecule has 1 aromatic carbocycles. The van der Waals surface area contributed by atoms with Gasteiger partial charge in [-0.2, -0.15) is 0 Å². The lowest BCUT2D eigenvalue weighted by Gasteiger charge is -2.28. The molecule has 1 saturated carbocycles. The number of hydrogen-bond acceptors (Lipinski definition) is 2. The molecule has 0 radical (unpaired) electrons. The van der Waals surface area contributed by atoms with Crippen LogP contribution in [-0.4, -0.2) is 36.5 Å². The molecule has 122 valence electrons. The van der Waals surface area contributed by atoms with Crippen LogP contribution in [0.4, 0.5) is 0 Å². The first-order valence-electron chi connectivity index (χ1n) is 7.97. The third kappa shape index (κ3) is 3.76. The first-order chi connectivity index (χ1) is 10.2. The Balaban J connectivity index is 0.00000176. The summed E-state index contributed by atoms with van der Waals surface area (Å²) >= 11 is 6.06. The van der Waals surface area contributed by atoms with Gasteiger partial charge >= 0.3 is 0 Å². The summed E-state index contributed by atoms with van der Waals surface area (Å²) in [6.07, 6.45) is 3.08. The molecule has 1 heterocycles. The number of amides is 1. The minimum atomic E-state index is 0. The Morgan fingerprint density at radius 3 is 2.91 bits per heavy atom. The maximum Gasteiger partial charge on any atom is 0.226 e. The van der Waals surface area contributed by atoms with E-state index in [9.17, 15) is 4.79 Å². The molecule has 1 amide bonds. The van der Waals surface area contributed by atoms with Gasteiger partial charge < -0.3 is 10.2 Å². The topological polar surface area (TPSA) is 32.3 Å². The monoisotopic (exact) mass is 342 g/mol. The fourth-order valence-corrected chi connectivity index (χ4v) is 3.60. The zero-order chi connectivity index (χ0) is 14.8. The third-order valence-corrected chi connectivity index (χ3v) is 4.84. The number of rotatable bonds is 5. The molecular formula is C17H24Cl2N2O. The molecule has 5 heteroatoms. The van der Waals surface area contributed by atoms with Gasteiger partial charge in [-0.15, -0.1) is 12.4 Å². The Morgan fingerprint density at radius 1 is 1.45 bits per heavy atom. The van der Waals surface area contributed by atoms with E-state index < -0.39 is 0 Å². The minimum Gasteiger partial charge on any atom is -0.338 e. The summed E-state index contributed by atoms with van der Waals surface area (Å²) in [5.74, 6) is 0.871. The lowest BCUT2D eigenvalue weighted by molar-refractivity contribution is -0.134. The van der Waals surface area contributed by atoms with Gasteiger partial charge in [0.05, 0.1) is 0 Å². The SMILES string of the molecule is CCCN(C(=O)C1CC1c1cccc(Cl)c1)C1CCNC1.Cl. The average molecular weight is 343 g/mol. The van der Waals surface area contributed by atoms with Gasteiger partial charge in [-0.1, -0.05) is 30.7 Å². The summed E-state index contributed by atoms with van der Waals surface area (Å²) in [5, 5.41) is 4.12.